The average Bonchev–Trinajstić information content (AvgIpc) is 2.89. The van der Waals surface area contributed by atoms with E-state index in [-0.39, 0.29) is 5.91 Å². The predicted molar refractivity (Wildman–Crippen MR) is 80.5 cm³/mol. The van der Waals surface area contributed by atoms with Crippen LogP contribution in [-0.2, 0) is 11.2 Å². The van der Waals surface area contributed by atoms with Crippen LogP contribution in [0.1, 0.15) is 50.6 Å². The van der Waals surface area contributed by atoms with Crippen LogP contribution in [0.5, 0.6) is 0 Å². The molecule has 114 valence electrons. The molecule has 0 atom stereocenters. The van der Waals surface area contributed by atoms with E-state index in [0.29, 0.717) is 12.0 Å². The molecular weight excluding hydrogens is 262 g/mol. The predicted octanol–water partition coefficient (Wildman–Crippen LogP) is 2.67. The number of aromatic nitrogens is 2. The van der Waals surface area contributed by atoms with Gasteiger partial charge in [0, 0.05) is 31.3 Å². The van der Waals surface area contributed by atoms with Crippen LogP contribution in [0.4, 0.5) is 0 Å². The summed E-state index contributed by atoms with van der Waals surface area (Å²) in [6.07, 6.45) is 13.4. The smallest absolute Gasteiger partial charge is 0.220 e. The topological polar surface area (TPSA) is 57.8 Å². The standard InChI is InChI=1S/C17H25N3O/c21-16(19-2-1-15-10-18-11-20-15)9-17-6-12-3-13(7-17)5-14(4-12)8-17/h10-14H,1-9H2,(H,18,20)(H,19,21). The van der Waals surface area contributed by atoms with Gasteiger partial charge in [-0.15, -0.1) is 0 Å². The Balaban J connectivity index is 1.30. The highest BCUT2D eigenvalue weighted by atomic mass is 16.1. The van der Waals surface area contributed by atoms with Crippen LogP contribution >= 0.6 is 0 Å². The lowest BCUT2D eigenvalue weighted by Crippen LogP contribution is -2.48. The van der Waals surface area contributed by atoms with Gasteiger partial charge in [0.25, 0.3) is 0 Å². The molecule has 21 heavy (non-hydrogen) atoms. The van der Waals surface area contributed by atoms with Crippen molar-refractivity contribution in [2.75, 3.05) is 6.54 Å². The summed E-state index contributed by atoms with van der Waals surface area (Å²) in [6, 6.07) is 0. The first-order chi connectivity index (χ1) is 10.2. The molecule has 0 saturated heterocycles. The van der Waals surface area contributed by atoms with Crippen LogP contribution in [0.3, 0.4) is 0 Å². The molecule has 1 amide bonds. The van der Waals surface area contributed by atoms with Gasteiger partial charge >= 0.3 is 0 Å². The minimum Gasteiger partial charge on any atom is -0.356 e. The largest absolute Gasteiger partial charge is 0.356 e. The lowest BCUT2D eigenvalue weighted by molar-refractivity contribution is -0.129. The fraction of sp³-hybridized carbons (Fsp3) is 0.765. The quantitative estimate of drug-likeness (QED) is 0.874. The van der Waals surface area contributed by atoms with Gasteiger partial charge in [0.2, 0.25) is 5.91 Å². The Hall–Kier alpha value is -1.32. The number of aromatic amines is 1. The van der Waals surface area contributed by atoms with Crippen LogP contribution in [0, 0.1) is 23.2 Å². The van der Waals surface area contributed by atoms with E-state index in [9.17, 15) is 4.79 Å². The first kappa shape index (κ1) is 13.4. The van der Waals surface area contributed by atoms with Crippen molar-refractivity contribution in [2.45, 2.75) is 51.4 Å². The maximum atomic E-state index is 12.3. The third-order valence-corrected chi connectivity index (χ3v) is 5.97. The Morgan fingerprint density at radius 1 is 1.24 bits per heavy atom. The molecule has 1 aromatic heterocycles. The lowest BCUT2D eigenvalue weighted by atomic mass is 9.49. The number of H-pyrrole nitrogens is 1. The fourth-order valence-electron chi connectivity index (χ4n) is 5.67. The molecule has 4 saturated carbocycles. The third kappa shape index (κ3) is 2.72. The maximum absolute atomic E-state index is 12.3. The molecule has 0 aromatic carbocycles. The van der Waals surface area contributed by atoms with E-state index in [1.165, 1.54) is 38.5 Å². The highest BCUT2D eigenvalue weighted by Crippen LogP contribution is 2.61. The van der Waals surface area contributed by atoms with E-state index in [1.54, 1.807) is 6.33 Å². The van der Waals surface area contributed by atoms with E-state index in [4.69, 9.17) is 0 Å². The summed E-state index contributed by atoms with van der Waals surface area (Å²) in [4.78, 5) is 19.4. The molecular formula is C17H25N3O. The van der Waals surface area contributed by atoms with Crippen molar-refractivity contribution in [2.24, 2.45) is 23.2 Å². The van der Waals surface area contributed by atoms with E-state index in [2.05, 4.69) is 15.3 Å². The summed E-state index contributed by atoms with van der Waals surface area (Å²) >= 11 is 0. The van der Waals surface area contributed by atoms with Crippen molar-refractivity contribution < 1.29 is 4.79 Å². The summed E-state index contributed by atoms with van der Waals surface area (Å²) in [6.45, 7) is 0.716. The van der Waals surface area contributed by atoms with Crippen molar-refractivity contribution in [3.05, 3.63) is 18.2 Å². The van der Waals surface area contributed by atoms with Crippen molar-refractivity contribution in [3.8, 4) is 0 Å². The number of imidazole rings is 1. The molecule has 4 aliphatic carbocycles. The molecule has 2 N–H and O–H groups in total. The summed E-state index contributed by atoms with van der Waals surface area (Å²) in [5, 5.41) is 3.11. The number of carbonyl (C=O) groups is 1. The summed E-state index contributed by atoms with van der Waals surface area (Å²) in [7, 11) is 0. The molecule has 4 aliphatic rings. The van der Waals surface area contributed by atoms with Gasteiger partial charge in [-0.1, -0.05) is 0 Å². The molecule has 4 fully saturated rings. The minimum absolute atomic E-state index is 0.261. The molecule has 1 aromatic rings. The third-order valence-electron chi connectivity index (χ3n) is 5.97. The van der Waals surface area contributed by atoms with Crippen LogP contribution in [0.25, 0.3) is 0 Å². The van der Waals surface area contributed by atoms with Crippen molar-refractivity contribution >= 4 is 5.91 Å². The number of carbonyl (C=O) groups excluding carboxylic acids is 1. The Morgan fingerprint density at radius 3 is 2.48 bits per heavy atom. The highest BCUT2D eigenvalue weighted by molar-refractivity contribution is 5.76. The Bertz CT molecular complexity index is 473. The number of hydrogen-bond acceptors (Lipinski definition) is 2. The van der Waals surface area contributed by atoms with Crippen LogP contribution in [-0.4, -0.2) is 22.4 Å². The van der Waals surface area contributed by atoms with Gasteiger partial charge in [0.15, 0.2) is 0 Å². The molecule has 5 rings (SSSR count). The second kappa shape index (κ2) is 5.15. The summed E-state index contributed by atoms with van der Waals surface area (Å²) in [5.41, 5.74) is 1.44. The summed E-state index contributed by atoms with van der Waals surface area (Å²) < 4.78 is 0. The van der Waals surface area contributed by atoms with Crippen LogP contribution in [0.15, 0.2) is 12.5 Å². The number of nitrogens with one attached hydrogen (secondary N) is 2. The Morgan fingerprint density at radius 2 is 1.90 bits per heavy atom. The molecule has 0 unspecified atom stereocenters. The van der Waals surface area contributed by atoms with E-state index < -0.39 is 0 Å². The van der Waals surface area contributed by atoms with Gasteiger partial charge in [-0.2, -0.15) is 0 Å². The first-order valence-corrected chi connectivity index (χ1v) is 8.45. The summed E-state index contributed by atoms with van der Waals surface area (Å²) in [5.74, 6) is 3.04. The molecule has 0 spiro atoms. The van der Waals surface area contributed by atoms with Crippen molar-refractivity contribution in [3.63, 3.8) is 0 Å². The SMILES string of the molecule is O=C(CC12CC3CC(CC(C3)C1)C2)NCCc1cnc[nH]1. The van der Waals surface area contributed by atoms with Crippen molar-refractivity contribution in [1.82, 2.24) is 15.3 Å². The average molecular weight is 287 g/mol. The second-order valence-electron chi connectivity index (χ2n) is 7.77. The number of amides is 1. The van der Waals surface area contributed by atoms with E-state index >= 15 is 0 Å². The maximum Gasteiger partial charge on any atom is 0.220 e. The molecule has 4 bridgehead atoms. The van der Waals surface area contributed by atoms with Crippen LogP contribution < -0.4 is 5.32 Å². The van der Waals surface area contributed by atoms with Gasteiger partial charge < -0.3 is 10.3 Å². The highest BCUT2D eigenvalue weighted by Gasteiger charge is 2.51. The zero-order chi connectivity index (χ0) is 14.3. The number of rotatable bonds is 5. The Kier molecular flexibility index (Phi) is 3.27. The molecule has 4 nitrogen and oxygen atoms in total. The fourth-order valence-corrected chi connectivity index (χ4v) is 5.67. The monoisotopic (exact) mass is 287 g/mol. The second-order valence-corrected chi connectivity index (χ2v) is 7.77. The number of nitrogens with zero attached hydrogens (tertiary/aromatic N) is 1. The first-order valence-electron chi connectivity index (χ1n) is 8.45. The molecule has 1 heterocycles. The van der Waals surface area contributed by atoms with Gasteiger partial charge in [-0.25, -0.2) is 4.98 Å². The number of hydrogen-bond donors (Lipinski definition) is 2. The van der Waals surface area contributed by atoms with Crippen LogP contribution in [0.2, 0.25) is 0 Å². The van der Waals surface area contributed by atoms with Gasteiger partial charge in [-0.05, 0) is 61.7 Å². The van der Waals surface area contributed by atoms with Gasteiger partial charge in [0.05, 0.1) is 6.33 Å². The molecule has 4 heteroatoms. The van der Waals surface area contributed by atoms with E-state index in [1.807, 2.05) is 6.20 Å². The zero-order valence-electron chi connectivity index (χ0n) is 12.6. The Labute approximate surface area is 126 Å². The van der Waals surface area contributed by atoms with Gasteiger partial charge in [-0.3, -0.25) is 4.79 Å². The van der Waals surface area contributed by atoms with Gasteiger partial charge in [0.1, 0.15) is 0 Å². The van der Waals surface area contributed by atoms with Crippen molar-refractivity contribution in [1.29, 1.82) is 0 Å². The zero-order valence-corrected chi connectivity index (χ0v) is 12.6. The van der Waals surface area contributed by atoms with E-state index in [0.717, 1.165) is 36.3 Å². The molecule has 0 aliphatic heterocycles. The minimum atomic E-state index is 0.261. The molecule has 0 radical (unpaired) electrons. The normalized spacial score (nSPS) is 36.9. The lowest BCUT2D eigenvalue weighted by Gasteiger charge is -2.56.